The number of hydrazine groups is 1. The van der Waals surface area contributed by atoms with Crippen LogP contribution in [-0.2, 0) is 4.74 Å². The Morgan fingerprint density at radius 3 is 2.41 bits per heavy atom. The summed E-state index contributed by atoms with van der Waals surface area (Å²) in [5, 5.41) is 0. The molecule has 0 spiro atoms. The van der Waals surface area contributed by atoms with E-state index in [1.54, 1.807) is 7.05 Å². The first kappa shape index (κ1) is 15.1. The van der Waals surface area contributed by atoms with Crippen molar-refractivity contribution in [3.8, 4) is 0 Å². The number of anilines is 4. The summed E-state index contributed by atoms with van der Waals surface area (Å²) < 4.78 is 5.41. The van der Waals surface area contributed by atoms with Crippen molar-refractivity contribution in [3.63, 3.8) is 0 Å². The van der Waals surface area contributed by atoms with Crippen molar-refractivity contribution in [3.05, 3.63) is 0 Å². The predicted molar refractivity (Wildman–Crippen MR) is 88.2 cm³/mol. The molecular formula is C14H25N7O. The van der Waals surface area contributed by atoms with Gasteiger partial charge >= 0.3 is 0 Å². The van der Waals surface area contributed by atoms with E-state index in [2.05, 4.69) is 25.6 Å². The molecule has 0 saturated carbocycles. The first-order valence-corrected chi connectivity index (χ1v) is 7.97. The zero-order valence-electron chi connectivity index (χ0n) is 13.1. The zero-order chi connectivity index (χ0) is 15.4. The molecule has 0 atom stereocenters. The molecule has 8 nitrogen and oxygen atoms in total. The molecule has 0 aromatic carbocycles. The number of aromatic nitrogens is 2. The fraction of sp³-hybridized carbons (Fsp3) is 0.714. The van der Waals surface area contributed by atoms with Crippen molar-refractivity contribution >= 4 is 23.3 Å². The molecule has 122 valence electrons. The molecule has 2 saturated heterocycles. The van der Waals surface area contributed by atoms with Crippen molar-refractivity contribution in [2.24, 2.45) is 0 Å². The Bertz CT molecular complexity index is 498. The predicted octanol–water partition coefficient (Wildman–Crippen LogP) is 0.432. The average Bonchev–Trinajstić information content (AvgIpc) is 2.58. The van der Waals surface area contributed by atoms with Crippen LogP contribution in [0.15, 0.2) is 0 Å². The Hall–Kier alpha value is -1.80. The van der Waals surface area contributed by atoms with Gasteiger partial charge < -0.3 is 25.7 Å². The molecule has 4 N–H and O–H groups in total. The number of nitrogens with zero attached hydrogens (tertiary/aromatic N) is 4. The van der Waals surface area contributed by atoms with Crippen molar-refractivity contribution in [1.82, 2.24) is 15.4 Å². The Kier molecular flexibility index (Phi) is 4.79. The monoisotopic (exact) mass is 307 g/mol. The summed E-state index contributed by atoms with van der Waals surface area (Å²) in [5.41, 5.74) is 12.8. The quantitative estimate of drug-likeness (QED) is 0.690. The van der Waals surface area contributed by atoms with Crippen LogP contribution in [0.1, 0.15) is 19.3 Å². The Labute approximate surface area is 131 Å². The number of nitrogens with two attached hydrogens (primary N) is 1. The SMILES string of the molecule is CNNc1nc(N2CCOCC2)nc(N2CCCCC2)c1N. The van der Waals surface area contributed by atoms with Gasteiger partial charge in [0.05, 0.1) is 13.2 Å². The molecule has 2 aliphatic heterocycles. The number of hydrogen-bond donors (Lipinski definition) is 3. The second-order valence-electron chi connectivity index (χ2n) is 5.63. The summed E-state index contributed by atoms with van der Waals surface area (Å²) >= 11 is 0. The zero-order valence-corrected chi connectivity index (χ0v) is 13.1. The van der Waals surface area contributed by atoms with E-state index in [-0.39, 0.29) is 0 Å². The van der Waals surface area contributed by atoms with Crippen LogP contribution in [0.3, 0.4) is 0 Å². The van der Waals surface area contributed by atoms with Gasteiger partial charge in [-0.15, -0.1) is 0 Å². The lowest BCUT2D eigenvalue weighted by Crippen LogP contribution is -2.38. The fourth-order valence-corrected chi connectivity index (χ4v) is 2.91. The first-order valence-electron chi connectivity index (χ1n) is 7.97. The van der Waals surface area contributed by atoms with E-state index in [1.165, 1.54) is 19.3 Å². The largest absolute Gasteiger partial charge is 0.393 e. The van der Waals surface area contributed by atoms with Crippen LogP contribution in [0.2, 0.25) is 0 Å². The molecule has 0 radical (unpaired) electrons. The minimum Gasteiger partial charge on any atom is -0.393 e. The first-order chi connectivity index (χ1) is 10.8. The number of nitrogens with one attached hydrogen (secondary N) is 2. The van der Waals surface area contributed by atoms with Crippen LogP contribution in [0.25, 0.3) is 0 Å². The van der Waals surface area contributed by atoms with Crippen molar-refractivity contribution in [1.29, 1.82) is 0 Å². The lowest BCUT2D eigenvalue weighted by molar-refractivity contribution is 0.122. The normalized spacial score (nSPS) is 19.3. The smallest absolute Gasteiger partial charge is 0.229 e. The van der Waals surface area contributed by atoms with Crippen LogP contribution in [0.4, 0.5) is 23.3 Å². The molecule has 0 unspecified atom stereocenters. The van der Waals surface area contributed by atoms with Crippen LogP contribution in [0.5, 0.6) is 0 Å². The van der Waals surface area contributed by atoms with E-state index in [9.17, 15) is 0 Å². The molecule has 0 bridgehead atoms. The number of morpholine rings is 1. The molecule has 3 heterocycles. The second-order valence-corrected chi connectivity index (χ2v) is 5.63. The number of rotatable bonds is 4. The maximum atomic E-state index is 6.29. The maximum Gasteiger partial charge on any atom is 0.229 e. The molecule has 0 amide bonds. The van der Waals surface area contributed by atoms with E-state index in [4.69, 9.17) is 15.5 Å². The number of piperidine rings is 1. The Balaban J connectivity index is 1.93. The van der Waals surface area contributed by atoms with Gasteiger partial charge in [0, 0.05) is 33.2 Å². The third kappa shape index (κ3) is 3.17. The fourth-order valence-electron chi connectivity index (χ4n) is 2.91. The third-order valence-electron chi connectivity index (χ3n) is 4.11. The number of hydrogen-bond acceptors (Lipinski definition) is 8. The van der Waals surface area contributed by atoms with Gasteiger partial charge in [-0.2, -0.15) is 9.97 Å². The second kappa shape index (κ2) is 6.97. The van der Waals surface area contributed by atoms with Crippen LogP contribution in [0, 0.1) is 0 Å². The highest BCUT2D eigenvalue weighted by atomic mass is 16.5. The van der Waals surface area contributed by atoms with Gasteiger partial charge in [-0.3, -0.25) is 0 Å². The van der Waals surface area contributed by atoms with E-state index >= 15 is 0 Å². The van der Waals surface area contributed by atoms with E-state index in [0.717, 1.165) is 37.9 Å². The summed E-state index contributed by atoms with van der Waals surface area (Å²) in [5.74, 6) is 2.20. The lowest BCUT2D eigenvalue weighted by atomic mass is 10.1. The van der Waals surface area contributed by atoms with Crippen LogP contribution >= 0.6 is 0 Å². The Morgan fingerprint density at radius 1 is 1.00 bits per heavy atom. The molecular weight excluding hydrogens is 282 g/mol. The van der Waals surface area contributed by atoms with Gasteiger partial charge in [-0.05, 0) is 19.3 Å². The van der Waals surface area contributed by atoms with Gasteiger partial charge in [-0.25, -0.2) is 5.43 Å². The van der Waals surface area contributed by atoms with E-state index in [1.807, 2.05) is 0 Å². The Morgan fingerprint density at radius 2 is 1.73 bits per heavy atom. The third-order valence-corrected chi connectivity index (χ3v) is 4.11. The molecule has 8 heteroatoms. The summed E-state index contributed by atoms with van der Waals surface area (Å²) in [7, 11) is 1.80. The minimum absolute atomic E-state index is 0.605. The van der Waals surface area contributed by atoms with Crippen LogP contribution < -0.4 is 26.4 Å². The molecule has 1 aromatic rings. The van der Waals surface area contributed by atoms with Crippen molar-refractivity contribution in [2.45, 2.75) is 19.3 Å². The van der Waals surface area contributed by atoms with Gasteiger partial charge in [0.15, 0.2) is 11.6 Å². The van der Waals surface area contributed by atoms with Gasteiger partial charge in [0.2, 0.25) is 5.95 Å². The van der Waals surface area contributed by atoms with Crippen molar-refractivity contribution in [2.75, 3.05) is 67.4 Å². The van der Waals surface area contributed by atoms with Gasteiger partial charge in [0.1, 0.15) is 5.69 Å². The van der Waals surface area contributed by atoms with Gasteiger partial charge in [0.25, 0.3) is 0 Å². The molecule has 22 heavy (non-hydrogen) atoms. The molecule has 2 aliphatic rings. The molecule has 1 aromatic heterocycles. The lowest BCUT2D eigenvalue weighted by Gasteiger charge is -2.32. The summed E-state index contributed by atoms with van der Waals surface area (Å²) in [6.07, 6.45) is 3.65. The topological polar surface area (TPSA) is 91.6 Å². The van der Waals surface area contributed by atoms with E-state index in [0.29, 0.717) is 24.7 Å². The molecule has 2 fully saturated rings. The standard InChI is InChI=1S/C14H25N7O/c1-16-19-12-11(15)13(20-5-3-2-4-6-20)18-14(17-12)21-7-9-22-10-8-21/h16H,2-10,15H2,1H3,(H,17,18,19). The highest BCUT2D eigenvalue weighted by Crippen LogP contribution is 2.31. The minimum atomic E-state index is 0.605. The summed E-state index contributed by atoms with van der Waals surface area (Å²) in [6, 6.07) is 0. The van der Waals surface area contributed by atoms with Gasteiger partial charge in [-0.1, -0.05) is 0 Å². The van der Waals surface area contributed by atoms with E-state index < -0.39 is 0 Å². The highest BCUT2D eigenvalue weighted by molar-refractivity contribution is 5.77. The molecule has 0 aliphatic carbocycles. The van der Waals surface area contributed by atoms with Crippen LogP contribution in [-0.4, -0.2) is 56.4 Å². The maximum absolute atomic E-state index is 6.29. The summed E-state index contributed by atoms with van der Waals surface area (Å²) in [6.45, 7) is 5.04. The number of nitrogen functional groups attached to an aromatic ring is 1. The average molecular weight is 307 g/mol. The molecule has 3 rings (SSSR count). The summed E-state index contributed by atoms with van der Waals surface area (Å²) in [4.78, 5) is 13.7. The highest BCUT2D eigenvalue weighted by Gasteiger charge is 2.22. The van der Waals surface area contributed by atoms with Crippen molar-refractivity contribution < 1.29 is 4.74 Å². The number of ether oxygens (including phenoxy) is 1.